The molecule has 2 rings (SSSR count). The Morgan fingerprint density at radius 1 is 1.22 bits per heavy atom. The van der Waals surface area contributed by atoms with E-state index in [1.54, 1.807) is 0 Å². The number of carbonyl (C=O) groups excluding carboxylic acids is 1. The first-order valence-electron chi connectivity index (χ1n) is 4.88. The van der Waals surface area contributed by atoms with Gasteiger partial charge in [-0.05, 0) is 12.1 Å². The Labute approximate surface area is 107 Å². The lowest BCUT2D eigenvalue weighted by atomic mass is 10.1. The van der Waals surface area contributed by atoms with E-state index in [1.165, 1.54) is 30.6 Å². The number of amides is 1. The molecule has 0 bridgehead atoms. The van der Waals surface area contributed by atoms with Crippen LogP contribution in [0.3, 0.4) is 0 Å². The number of anilines is 1. The number of rotatable bonds is 2. The van der Waals surface area contributed by atoms with Crippen molar-refractivity contribution < 1.29 is 15.0 Å². The third kappa shape index (κ3) is 2.49. The fourth-order valence-electron chi connectivity index (χ4n) is 1.34. The molecule has 0 aliphatic heterocycles. The number of carbonyl (C=O) groups is 1. The number of aromatic nitrogens is 2. The maximum absolute atomic E-state index is 11.8. The second kappa shape index (κ2) is 4.89. The fraction of sp³-hybridized carbons (Fsp3) is 0. The van der Waals surface area contributed by atoms with E-state index in [9.17, 15) is 15.0 Å². The molecule has 1 aromatic carbocycles. The predicted octanol–water partition coefficient (Wildman–Crippen LogP) is 1.79. The Hall–Kier alpha value is -2.34. The van der Waals surface area contributed by atoms with Crippen LogP contribution in [0.2, 0.25) is 5.15 Å². The number of phenolic OH excluding ortho intramolecular Hbond substituents is 2. The minimum Gasteiger partial charge on any atom is -0.507 e. The minimum absolute atomic E-state index is 0.168. The molecule has 2 aromatic rings. The highest BCUT2D eigenvalue weighted by Crippen LogP contribution is 2.26. The van der Waals surface area contributed by atoms with Crippen LogP contribution in [-0.4, -0.2) is 26.1 Å². The van der Waals surface area contributed by atoms with Crippen LogP contribution < -0.4 is 5.32 Å². The van der Waals surface area contributed by atoms with Crippen molar-refractivity contribution in [3.8, 4) is 11.5 Å². The maximum atomic E-state index is 11.8. The van der Waals surface area contributed by atoms with Gasteiger partial charge in [-0.15, -0.1) is 0 Å². The van der Waals surface area contributed by atoms with Crippen LogP contribution in [0.5, 0.6) is 11.5 Å². The van der Waals surface area contributed by atoms with Crippen molar-refractivity contribution in [1.29, 1.82) is 0 Å². The summed E-state index contributed by atoms with van der Waals surface area (Å²) in [7, 11) is 0. The Morgan fingerprint density at radius 3 is 2.50 bits per heavy atom. The lowest BCUT2D eigenvalue weighted by Gasteiger charge is -2.07. The average molecular weight is 266 g/mol. The van der Waals surface area contributed by atoms with Gasteiger partial charge in [-0.25, -0.2) is 9.97 Å². The van der Waals surface area contributed by atoms with Gasteiger partial charge in [0, 0.05) is 6.07 Å². The van der Waals surface area contributed by atoms with Gasteiger partial charge in [-0.2, -0.15) is 0 Å². The van der Waals surface area contributed by atoms with E-state index < -0.39 is 5.91 Å². The van der Waals surface area contributed by atoms with Gasteiger partial charge >= 0.3 is 0 Å². The number of aromatic hydroxyl groups is 2. The fourth-order valence-corrected chi connectivity index (χ4v) is 1.49. The molecule has 0 unspecified atom stereocenters. The number of nitrogens with one attached hydrogen (secondary N) is 1. The SMILES string of the molecule is O=C(Nc1cc(Cl)ncn1)c1c(O)cccc1O. The van der Waals surface area contributed by atoms with E-state index in [4.69, 9.17) is 11.6 Å². The Morgan fingerprint density at radius 2 is 1.89 bits per heavy atom. The number of nitrogens with zero attached hydrogens (tertiary/aromatic N) is 2. The van der Waals surface area contributed by atoms with Gasteiger partial charge < -0.3 is 15.5 Å². The summed E-state index contributed by atoms with van der Waals surface area (Å²) in [5, 5.41) is 21.6. The zero-order chi connectivity index (χ0) is 13.1. The second-order valence-corrected chi connectivity index (χ2v) is 3.74. The van der Waals surface area contributed by atoms with Gasteiger partial charge in [0.25, 0.3) is 5.91 Å². The van der Waals surface area contributed by atoms with Crippen molar-refractivity contribution in [2.24, 2.45) is 0 Å². The number of halogens is 1. The molecule has 3 N–H and O–H groups in total. The smallest absolute Gasteiger partial charge is 0.264 e. The lowest BCUT2D eigenvalue weighted by Crippen LogP contribution is -2.13. The minimum atomic E-state index is -0.694. The largest absolute Gasteiger partial charge is 0.507 e. The Kier molecular flexibility index (Phi) is 3.29. The number of phenols is 2. The van der Waals surface area contributed by atoms with Gasteiger partial charge in [0.1, 0.15) is 34.4 Å². The highest BCUT2D eigenvalue weighted by molar-refractivity contribution is 6.29. The van der Waals surface area contributed by atoms with Gasteiger partial charge in [0.05, 0.1) is 0 Å². The van der Waals surface area contributed by atoms with Crippen LogP contribution in [0.1, 0.15) is 10.4 Å². The zero-order valence-corrected chi connectivity index (χ0v) is 9.72. The summed E-state index contributed by atoms with van der Waals surface area (Å²) in [6, 6.07) is 5.35. The van der Waals surface area contributed by atoms with Gasteiger partial charge in [0.15, 0.2) is 0 Å². The molecule has 1 heterocycles. The molecule has 6 nitrogen and oxygen atoms in total. The summed E-state index contributed by atoms with van der Waals surface area (Å²) >= 11 is 5.64. The third-order valence-corrected chi connectivity index (χ3v) is 2.33. The molecule has 7 heteroatoms. The summed E-state index contributed by atoms with van der Waals surface area (Å²) < 4.78 is 0. The normalized spacial score (nSPS) is 10.1. The summed E-state index contributed by atoms with van der Waals surface area (Å²) in [5.74, 6) is -1.18. The molecular weight excluding hydrogens is 258 g/mol. The van der Waals surface area contributed by atoms with Crippen molar-refractivity contribution in [3.05, 3.63) is 41.3 Å². The van der Waals surface area contributed by atoms with Crippen molar-refractivity contribution in [2.45, 2.75) is 0 Å². The highest BCUT2D eigenvalue weighted by atomic mass is 35.5. The molecule has 0 atom stereocenters. The van der Waals surface area contributed by atoms with Gasteiger partial charge in [0.2, 0.25) is 0 Å². The van der Waals surface area contributed by atoms with Crippen molar-refractivity contribution in [2.75, 3.05) is 5.32 Å². The molecule has 0 saturated heterocycles. The molecule has 0 radical (unpaired) electrons. The molecule has 92 valence electrons. The molecule has 0 saturated carbocycles. The summed E-state index contributed by atoms with van der Waals surface area (Å²) in [6.45, 7) is 0. The molecule has 1 amide bonds. The monoisotopic (exact) mass is 265 g/mol. The molecule has 0 aliphatic carbocycles. The van der Waals surface area contributed by atoms with Gasteiger partial charge in [-0.1, -0.05) is 17.7 Å². The van der Waals surface area contributed by atoms with Crippen molar-refractivity contribution >= 4 is 23.3 Å². The average Bonchev–Trinajstić information content (AvgIpc) is 2.28. The van der Waals surface area contributed by atoms with Crippen molar-refractivity contribution in [1.82, 2.24) is 9.97 Å². The first kappa shape index (κ1) is 12.1. The predicted molar refractivity (Wildman–Crippen MR) is 64.8 cm³/mol. The topological polar surface area (TPSA) is 95.3 Å². The molecular formula is C11H8ClN3O3. The number of hydrogen-bond donors (Lipinski definition) is 3. The maximum Gasteiger partial charge on any atom is 0.264 e. The van der Waals surface area contributed by atoms with Crippen LogP contribution in [0.25, 0.3) is 0 Å². The van der Waals surface area contributed by atoms with Crippen LogP contribution in [0, 0.1) is 0 Å². The van der Waals surface area contributed by atoms with E-state index >= 15 is 0 Å². The van der Waals surface area contributed by atoms with Crippen LogP contribution in [-0.2, 0) is 0 Å². The first-order valence-corrected chi connectivity index (χ1v) is 5.25. The van der Waals surface area contributed by atoms with E-state index in [0.29, 0.717) is 0 Å². The third-order valence-electron chi connectivity index (χ3n) is 2.12. The molecule has 0 fully saturated rings. The summed E-state index contributed by atoms with van der Waals surface area (Å²) in [4.78, 5) is 19.3. The quantitative estimate of drug-likeness (QED) is 0.720. The van der Waals surface area contributed by atoms with Crippen molar-refractivity contribution in [3.63, 3.8) is 0 Å². The summed E-state index contributed by atoms with van der Waals surface area (Å²) in [5.41, 5.74) is -0.229. The molecule has 18 heavy (non-hydrogen) atoms. The van der Waals surface area contributed by atoms with Crippen LogP contribution in [0.15, 0.2) is 30.6 Å². The highest BCUT2D eigenvalue weighted by Gasteiger charge is 2.16. The standard InChI is InChI=1S/C11H8ClN3O3/c12-8-4-9(14-5-13-8)15-11(18)10-6(16)2-1-3-7(10)17/h1-5,16-17H,(H,13,14,15,18). The lowest BCUT2D eigenvalue weighted by molar-refractivity contribution is 0.102. The van der Waals surface area contributed by atoms with E-state index in [2.05, 4.69) is 15.3 Å². The Balaban J connectivity index is 2.28. The molecule has 0 spiro atoms. The molecule has 0 aliphatic rings. The first-order chi connectivity index (χ1) is 8.58. The number of hydrogen-bond acceptors (Lipinski definition) is 5. The second-order valence-electron chi connectivity index (χ2n) is 3.35. The van der Waals surface area contributed by atoms with E-state index in [0.717, 1.165) is 0 Å². The Bertz CT molecular complexity index is 584. The zero-order valence-electron chi connectivity index (χ0n) is 8.96. The number of benzene rings is 1. The molecule has 1 aromatic heterocycles. The van der Waals surface area contributed by atoms with E-state index in [-0.39, 0.29) is 28.0 Å². The van der Waals surface area contributed by atoms with Crippen LogP contribution in [0.4, 0.5) is 5.82 Å². The van der Waals surface area contributed by atoms with E-state index in [1.807, 2.05) is 0 Å². The van der Waals surface area contributed by atoms with Gasteiger partial charge in [-0.3, -0.25) is 4.79 Å². The van der Waals surface area contributed by atoms with Crippen LogP contribution >= 0.6 is 11.6 Å². The summed E-state index contributed by atoms with van der Waals surface area (Å²) in [6.07, 6.45) is 1.18.